The molecule has 3 heterocycles. The first kappa shape index (κ1) is 42.0. The van der Waals surface area contributed by atoms with Crippen molar-refractivity contribution in [3.05, 3.63) is 64.5 Å². The number of aliphatic hydroxyl groups is 4. The van der Waals surface area contributed by atoms with E-state index in [1.54, 1.807) is 6.07 Å². The van der Waals surface area contributed by atoms with E-state index < -0.39 is 55.4 Å². The topological polar surface area (TPSA) is 226 Å². The Balaban J connectivity index is 0.00000166. The van der Waals surface area contributed by atoms with Crippen LogP contribution in [-0.4, -0.2) is 111 Å². The number of hydrogen-bond acceptors (Lipinski definition) is 11. The summed E-state index contributed by atoms with van der Waals surface area (Å²) in [5.41, 5.74) is 10.1. The lowest BCUT2D eigenvalue weighted by Gasteiger charge is -2.42. The van der Waals surface area contributed by atoms with Gasteiger partial charge < -0.3 is 60.5 Å². The lowest BCUT2D eigenvalue weighted by Crippen LogP contribution is -2.64. The fourth-order valence-electron chi connectivity index (χ4n) is 5.45. The van der Waals surface area contributed by atoms with Gasteiger partial charge in [0.1, 0.15) is 30.0 Å². The van der Waals surface area contributed by atoms with Crippen molar-refractivity contribution in [2.45, 2.75) is 110 Å². The maximum atomic E-state index is 13.1. The number of aromatic amines is 1. The van der Waals surface area contributed by atoms with Crippen LogP contribution in [0.1, 0.15) is 75.8 Å². The van der Waals surface area contributed by atoms with E-state index >= 15 is 0 Å². The largest absolute Gasteiger partial charge is 0.481 e. The molecule has 14 nitrogen and oxygen atoms in total. The Bertz CT molecular complexity index is 1310. The van der Waals surface area contributed by atoms with Gasteiger partial charge >= 0.3 is 0 Å². The van der Waals surface area contributed by atoms with Crippen LogP contribution in [0.3, 0.4) is 0 Å². The van der Waals surface area contributed by atoms with Gasteiger partial charge in [0.05, 0.1) is 38.6 Å². The number of aliphatic hydroxyl groups excluding tert-OH is 4. The number of carboxylic acid groups (broad SMARTS) is 1. The summed E-state index contributed by atoms with van der Waals surface area (Å²) in [6, 6.07) is 7.94. The molecule has 2 aliphatic heterocycles. The Morgan fingerprint density at radius 1 is 1.06 bits per heavy atom. The number of aliphatic carboxylic acids is 1. The van der Waals surface area contributed by atoms with E-state index in [0.717, 1.165) is 29.3 Å². The van der Waals surface area contributed by atoms with Crippen LogP contribution in [0.5, 0.6) is 0 Å². The van der Waals surface area contributed by atoms with Gasteiger partial charge in [-0.1, -0.05) is 64.1 Å². The summed E-state index contributed by atoms with van der Waals surface area (Å²) in [6.45, 7) is 10.7. The second-order valence-electron chi connectivity index (χ2n) is 11.6. The summed E-state index contributed by atoms with van der Waals surface area (Å²) in [4.78, 5) is 25.2. The lowest BCUT2D eigenvalue weighted by molar-refractivity contribution is -0.262. The molecule has 278 valence electrons. The molecule has 2 saturated heterocycles. The molecule has 0 bridgehead atoms. The summed E-state index contributed by atoms with van der Waals surface area (Å²) in [5.74, 6) is -1.32. The van der Waals surface area contributed by atoms with Crippen LogP contribution in [0.2, 0.25) is 0 Å². The van der Waals surface area contributed by atoms with E-state index in [2.05, 4.69) is 10.3 Å². The number of carbonyl (C=O) groups excluding carboxylic acids is 1. The van der Waals surface area contributed by atoms with Crippen molar-refractivity contribution >= 4 is 18.0 Å². The summed E-state index contributed by atoms with van der Waals surface area (Å²) >= 11 is 0. The molecule has 0 saturated carbocycles. The van der Waals surface area contributed by atoms with Gasteiger partial charge in [0.15, 0.2) is 12.6 Å². The number of aryl methyl sites for hydroxylation is 1. The van der Waals surface area contributed by atoms with Crippen molar-refractivity contribution in [2.75, 3.05) is 19.8 Å². The molecule has 0 spiro atoms. The van der Waals surface area contributed by atoms with E-state index in [1.165, 1.54) is 0 Å². The SMILES string of the molecule is C/C=C\c1cc(C(=O)NC2C(O)OC(CO)C(O)C2OCc2ccc(CCOC3OC(CO)[C@H](C)C3N)cc2)[nH]c1CC.CC.CC(=O)O.[HH]. The Kier molecular flexibility index (Phi) is 18.1. The number of H-pyrrole nitrogens is 1. The molecule has 14 heteroatoms. The number of rotatable bonds is 13. The first-order chi connectivity index (χ1) is 23.4. The first-order valence-electron chi connectivity index (χ1n) is 16.7. The molecule has 4 rings (SSSR count). The van der Waals surface area contributed by atoms with Crippen molar-refractivity contribution in [2.24, 2.45) is 11.7 Å². The van der Waals surface area contributed by atoms with Gasteiger partial charge in [-0.05, 0) is 42.5 Å². The molecule has 2 aliphatic rings. The Hall–Kier alpha value is -3.18. The van der Waals surface area contributed by atoms with Gasteiger partial charge in [0, 0.05) is 20.0 Å². The normalized spacial score (nSPS) is 27.9. The van der Waals surface area contributed by atoms with Crippen LogP contribution in [0.15, 0.2) is 36.4 Å². The molecule has 9 atom stereocenters. The molecule has 8 unspecified atom stereocenters. The summed E-state index contributed by atoms with van der Waals surface area (Å²) in [6.07, 6.45) is -0.740. The average molecular weight is 696 g/mol. The van der Waals surface area contributed by atoms with Gasteiger partial charge in [-0.3, -0.25) is 9.59 Å². The third-order valence-electron chi connectivity index (χ3n) is 8.18. The highest BCUT2D eigenvalue weighted by atomic mass is 16.7. The van der Waals surface area contributed by atoms with Gasteiger partial charge in [-0.25, -0.2) is 0 Å². The number of aromatic nitrogens is 1. The zero-order chi connectivity index (χ0) is 36.7. The van der Waals surface area contributed by atoms with E-state index in [0.29, 0.717) is 25.1 Å². The van der Waals surface area contributed by atoms with Crippen LogP contribution < -0.4 is 11.1 Å². The molecule has 2 fully saturated rings. The molecule has 1 aromatic heterocycles. The smallest absolute Gasteiger partial charge is 0.300 e. The van der Waals surface area contributed by atoms with Crippen LogP contribution in [0.4, 0.5) is 0 Å². The minimum absolute atomic E-state index is 0. The van der Waals surface area contributed by atoms with Crippen molar-refractivity contribution < 1.29 is 55.5 Å². The average Bonchev–Trinajstić information content (AvgIpc) is 3.63. The van der Waals surface area contributed by atoms with Crippen LogP contribution >= 0.6 is 0 Å². The molecule has 1 amide bonds. The van der Waals surface area contributed by atoms with E-state index in [1.807, 2.05) is 71.0 Å². The lowest BCUT2D eigenvalue weighted by atomic mass is 9.96. The number of allylic oxidation sites excluding steroid dienone is 1. The number of ether oxygens (including phenoxy) is 4. The Morgan fingerprint density at radius 2 is 1.67 bits per heavy atom. The molecular weight excluding hydrogens is 638 g/mol. The van der Waals surface area contributed by atoms with Crippen LogP contribution in [0, 0.1) is 5.92 Å². The first-order valence-corrected chi connectivity index (χ1v) is 16.7. The van der Waals surface area contributed by atoms with Crippen LogP contribution in [0.25, 0.3) is 6.08 Å². The highest BCUT2D eigenvalue weighted by molar-refractivity contribution is 5.93. The van der Waals surface area contributed by atoms with Crippen molar-refractivity contribution in [3.8, 4) is 0 Å². The predicted octanol–water partition coefficient (Wildman–Crippen LogP) is 1.97. The number of benzene rings is 1. The van der Waals surface area contributed by atoms with E-state index in [-0.39, 0.29) is 32.7 Å². The van der Waals surface area contributed by atoms with E-state index in [9.17, 15) is 25.2 Å². The summed E-state index contributed by atoms with van der Waals surface area (Å²) in [5, 5.41) is 50.8. The second kappa shape index (κ2) is 21.1. The zero-order valence-corrected chi connectivity index (χ0v) is 29.2. The monoisotopic (exact) mass is 695 g/mol. The maximum absolute atomic E-state index is 13.1. The Morgan fingerprint density at radius 3 is 2.22 bits per heavy atom. The van der Waals surface area contributed by atoms with Crippen molar-refractivity contribution in [1.82, 2.24) is 10.3 Å². The fraction of sp³-hybridized carbons (Fsp3) is 0.600. The zero-order valence-electron chi connectivity index (χ0n) is 29.2. The number of carboxylic acids is 1. The summed E-state index contributed by atoms with van der Waals surface area (Å²) < 4.78 is 22.9. The maximum Gasteiger partial charge on any atom is 0.300 e. The number of hydrogen-bond donors (Lipinski definition) is 8. The number of amides is 1. The van der Waals surface area contributed by atoms with Gasteiger partial charge in [0.2, 0.25) is 0 Å². The van der Waals surface area contributed by atoms with Crippen LogP contribution in [-0.2, 0) is 43.2 Å². The number of nitrogens with two attached hydrogens (primary N) is 1. The number of nitrogens with one attached hydrogen (secondary N) is 2. The van der Waals surface area contributed by atoms with Gasteiger partial charge in [-0.15, -0.1) is 0 Å². The number of carbonyl (C=O) groups is 2. The molecule has 0 radical (unpaired) electrons. The molecular formula is C35H57N3O11. The Labute approximate surface area is 289 Å². The molecule has 1 aromatic carbocycles. The third-order valence-corrected chi connectivity index (χ3v) is 8.18. The summed E-state index contributed by atoms with van der Waals surface area (Å²) in [7, 11) is 0. The van der Waals surface area contributed by atoms with Gasteiger partial charge in [-0.2, -0.15) is 0 Å². The molecule has 9 N–H and O–H groups in total. The van der Waals surface area contributed by atoms with Crippen molar-refractivity contribution in [1.29, 1.82) is 0 Å². The predicted molar refractivity (Wildman–Crippen MR) is 184 cm³/mol. The molecule has 2 aromatic rings. The highest BCUT2D eigenvalue weighted by Gasteiger charge is 2.46. The third kappa shape index (κ3) is 12.0. The fourth-order valence-corrected chi connectivity index (χ4v) is 5.45. The quantitative estimate of drug-likeness (QED) is 0.151. The highest BCUT2D eigenvalue weighted by Crippen LogP contribution is 2.27. The molecule has 0 aliphatic carbocycles. The van der Waals surface area contributed by atoms with E-state index in [4.69, 9.17) is 34.6 Å². The standard InChI is InChI=1S/C31H45N3O9.C2H4O2.C2H6.H2/c1-4-6-20-13-22(33-21(20)5-2)29(38)34-26-28(27(37)24(15-36)42-30(26)39)41-16-19-9-7-18(8-10-19)11-12-40-31-25(32)17(3)23(14-35)43-31;1-2(3)4;1-2;/h4,6-10,13,17,23-28,30-31,33,35-37,39H,5,11-12,14-16,32H2,1-3H3,(H,34,38);1H3,(H,3,4);1-2H3;1H/b6-4-;;;/t17-,23?,24?,25?,26?,27?,28?,30?,31?;;;/m0.../s1. The van der Waals surface area contributed by atoms with Gasteiger partial charge in [0.25, 0.3) is 11.9 Å². The second-order valence-corrected chi connectivity index (χ2v) is 11.6. The minimum atomic E-state index is -1.51. The van der Waals surface area contributed by atoms with Crippen molar-refractivity contribution in [3.63, 3.8) is 0 Å². The minimum Gasteiger partial charge on any atom is -0.481 e. The molecule has 49 heavy (non-hydrogen) atoms.